The molecule has 0 spiro atoms. The molecule has 0 amide bonds. The Morgan fingerprint density at radius 2 is 1.59 bits per heavy atom. The number of carbonyl (C=O) groups excluding carboxylic acids is 2. The molecule has 1 aliphatic rings. The summed E-state index contributed by atoms with van der Waals surface area (Å²) in [5.74, 6) is -0.0951. The van der Waals surface area contributed by atoms with Crippen molar-refractivity contribution < 1.29 is 23.8 Å². The van der Waals surface area contributed by atoms with Crippen LogP contribution in [-0.4, -0.2) is 29.7 Å². The minimum Gasteiger partial charge on any atom is -0.434 e. The molecule has 2 aromatic rings. The maximum atomic E-state index is 13.6. The number of Topliss-reactive ketones (excluding diaryl/α,β-unsaturated/α-hetero) is 1. The predicted octanol–water partition coefficient (Wildman–Crippen LogP) is 6.61. The molecule has 2 aromatic carbocycles. The Morgan fingerprint density at radius 3 is 2.19 bits per heavy atom. The molecule has 0 saturated heterocycles. The van der Waals surface area contributed by atoms with Gasteiger partial charge in [0.15, 0.2) is 11.5 Å². The van der Waals surface area contributed by atoms with E-state index in [1.807, 2.05) is 49.4 Å². The van der Waals surface area contributed by atoms with Crippen LogP contribution >= 0.6 is 11.6 Å². The van der Waals surface area contributed by atoms with Crippen LogP contribution in [0.2, 0.25) is 5.02 Å². The molecule has 6 heteroatoms. The summed E-state index contributed by atoms with van der Waals surface area (Å²) < 4.78 is 16.7. The summed E-state index contributed by atoms with van der Waals surface area (Å²) in [6.45, 7) is 10.9. The summed E-state index contributed by atoms with van der Waals surface area (Å²) in [7, 11) is 0. The average Bonchev–Trinajstić information content (AvgIpc) is 2.72. The van der Waals surface area contributed by atoms with Crippen LogP contribution in [0, 0.1) is 0 Å². The molecule has 0 saturated carbocycles. The second-order valence-corrected chi connectivity index (χ2v) is 9.11. The van der Waals surface area contributed by atoms with Crippen molar-refractivity contribution in [2.24, 2.45) is 0 Å². The summed E-state index contributed by atoms with van der Waals surface area (Å²) in [4.78, 5) is 25.9. The van der Waals surface area contributed by atoms with Crippen molar-refractivity contribution in [3.8, 4) is 11.1 Å². The van der Waals surface area contributed by atoms with Gasteiger partial charge in [-0.1, -0.05) is 42.8 Å². The minimum atomic E-state index is -1.10. The second-order valence-electron chi connectivity index (χ2n) is 8.67. The fraction of sp³-hybridized carbons (Fsp3) is 0.385. The molecule has 3 rings (SSSR count). The third kappa shape index (κ3) is 4.74. The maximum absolute atomic E-state index is 13.6. The van der Waals surface area contributed by atoms with Gasteiger partial charge in [-0.3, -0.25) is 4.79 Å². The molecule has 0 N–H and O–H groups in total. The van der Waals surface area contributed by atoms with E-state index in [2.05, 4.69) is 0 Å². The van der Waals surface area contributed by atoms with Crippen molar-refractivity contribution in [3.05, 3.63) is 64.4 Å². The lowest BCUT2D eigenvalue weighted by molar-refractivity contribution is -0.158. The molecule has 0 fully saturated rings. The standard InChI is InChI=1S/C26H29ClO5/c1-7-16-9-10-18(17-11-13-19(27)14-12-17)15-20(16)21-22(28)25(3,4)32-26(5,6)23(21)31-24(29)30-8-2/h9-15H,7-8H2,1-6H3. The van der Waals surface area contributed by atoms with E-state index in [4.69, 9.17) is 25.8 Å². The molecule has 1 heterocycles. The zero-order valence-electron chi connectivity index (χ0n) is 19.4. The highest BCUT2D eigenvalue weighted by molar-refractivity contribution is 6.30. The number of ketones is 1. The minimum absolute atomic E-state index is 0.156. The van der Waals surface area contributed by atoms with Gasteiger partial charge in [-0.2, -0.15) is 0 Å². The van der Waals surface area contributed by atoms with Gasteiger partial charge in [0.1, 0.15) is 11.2 Å². The van der Waals surface area contributed by atoms with Crippen LogP contribution in [0.3, 0.4) is 0 Å². The SMILES string of the molecule is CCOC(=O)OC1=C(c2cc(-c3ccc(Cl)cc3)ccc2CC)C(=O)C(C)(C)OC1(C)C. The third-order valence-corrected chi connectivity index (χ3v) is 5.70. The van der Waals surface area contributed by atoms with Gasteiger partial charge in [-0.05, 0) is 81.5 Å². The molecule has 0 atom stereocenters. The Morgan fingerprint density at radius 1 is 0.969 bits per heavy atom. The van der Waals surface area contributed by atoms with E-state index in [9.17, 15) is 9.59 Å². The first-order chi connectivity index (χ1) is 15.0. The van der Waals surface area contributed by atoms with Crippen LogP contribution in [-0.2, 0) is 25.4 Å². The topological polar surface area (TPSA) is 61.8 Å². The normalized spacial score (nSPS) is 17.3. The smallest absolute Gasteiger partial charge is 0.434 e. The van der Waals surface area contributed by atoms with Crippen LogP contribution in [0.15, 0.2) is 48.2 Å². The monoisotopic (exact) mass is 456 g/mol. The van der Waals surface area contributed by atoms with Crippen molar-refractivity contribution in [1.29, 1.82) is 0 Å². The van der Waals surface area contributed by atoms with Crippen LogP contribution < -0.4 is 0 Å². The Balaban J connectivity index is 2.28. The van der Waals surface area contributed by atoms with Gasteiger partial charge in [0.05, 0.1) is 12.2 Å². The summed E-state index contributed by atoms with van der Waals surface area (Å²) in [6.07, 6.45) is -0.169. The van der Waals surface area contributed by atoms with E-state index in [0.717, 1.165) is 16.7 Å². The van der Waals surface area contributed by atoms with Gasteiger partial charge in [0, 0.05) is 5.02 Å². The van der Waals surface area contributed by atoms with Gasteiger partial charge in [0.2, 0.25) is 0 Å². The fourth-order valence-corrected chi connectivity index (χ4v) is 4.15. The van der Waals surface area contributed by atoms with Crippen molar-refractivity contribution in [2.75, 3.05) is 6.61 Å². The van der Waals surface area contributed by atoms with Crippen molar-refractivity contribution in [2.45, 2.75) is 59.2 Å². The van der Waals surface area contributed by atoms with Crippen LogP contribution in [0.1, 0.15) is 52.7 Å². The van der Waals surface area contributed by atoms with Crippen molar-refractivity contribution >= 4 is 29.1 Å². The highest BCUT2D eigenvalue weighted by Gasteiger charge is 2.49. The average molecular weight is 457 g/mol. The molecule has 0 aromatic heterocycles. The van der Waals surface area contributed by atoms with E-state index in [0.29, 0.717) is 22.6 Å². The highest BCUT2D eigenvalue weighted by atomic mass is 35.5. The third-order valence-electron chi connectivity index (χ3n) is 5.44. The molecule has 5 nitrogen and oxygen atoms in total. The van der Waals surface area contributed by atoms with Crippen LogP contribution in [0.25, 0.3) is 16.7 Å². The quantitative estimate of drug-likeness (QED) is 0.473. The molecule has 32 heavy (non-hydrogen) atoms. The molecule has 0 aliphatic carbocycles. The Hall–Kier alpha value is -2.63. The van der Waals surface area contributed by atoms with Gasteiger partial charge in [-0.15, -0.1) is 0 Å². The van der Waals surface area contributed by atoms with E-state index in [1.54, 1.807) is 34.6 Å². The number of halogens is 1. The molecular formula is C26H29ClO5. The van der Waals surface area contributed by atoms with Crippen LogP contribution in [0.5, 0.6) is 0 Å². The molecular weight excluding hydrogens is 428 g/mol. The predicted molar refractivity (Wildman–Crippen MR) is 126 cm³/mol. The fourth-order valence-electron chi connectivity index (χ4n) is 4.02. The molecule has 0 bridgehead atoms. The largest absolute Gasteiger partial charge is 0.513 e. The number of carbonyl (C=O) groups is 2. The first-order valence-corrected chi connectivity index (χ1v) is 11.1. The number of hydrogen-bond acceptors (Lipinski definition) is 5. The van der Waals surface area contributed by atoms with Gasteiger partial charge in [-0.25, -0.2) is 4.79 Å². The van der Waals surface area contributed by atoms with Gasteiger partial charge >= 0.3 is 6.16 Å². The number of rotatable bonds is 5. The molecule has 1 aliphatic heterocycles. The summed E-state index contributed by atoms with van der Waals surface area (Å²) >= 11 is 6.05. The van der Waals surface area contributed by atoms with E-state index in [-0.39, 0.29) is 18.1 Å². The lowest BCUT2D eigenvalue weighted by Crippen LogP contribution is -2.50. The lowest BCUT2D eigenvalue weighted by Gasteiger charge is -2.42. The summed E-state index contributed by atoms with van der Waals surface area (Å²) in [5, 5.41) is 0.648. The number of ether oxygens (including phenoxy) is 3. The lowest BCUT2D eigenvalue weighted by atomic mass is 9.80. The number of hydrogen-bond donors (Lipinski definition) is 0. The Kier molecular flexibility index (Phi) is 6.82. The van der Waals surface area contributed by atoms with Gasteiger partial charge in [0.25, 0.3) is 0 Å². The van der Waals surface area contributed by atoms with E-state index < -0.39 is 17.4 Å². The first kappa shape index (κ1) is 24.0. The van der Waals surface area contributed by atoms with E-state index in [1.165, 1.54) is 0 Å². The summed E-state index contributed by atoms with van der Waals surface area (Å²) in [5.41, 5.74) is 1.78. The second kappa shape index (κ2) is 9.08. The van der Waals surface area contributed by atoms with E-state index >= 15 is 0 Å². The number of benzene rings is 2. The first-order valence-electron chi connectivity index (χ1n) is 10.7. The number of aryl methyl sites for hydroxylation is 1. The Bertz CT molecular complexity index is 1060. The highest BCUT2D eigenvalue weighted by Crippen LogP contribution is 2.43. The zero-order chi connectivity index (χ0) is 23.7. The molecule has 0 radical (unpaired) electrons. The Labute approximate surface area is 194 Å². The molecule has 170 valence electrons. The van der Waals surface area contributed by atoms with Crippen LogP contribution in [0.4, 0.5) is 4.79 Å². The summed E-state index contributed by atoms with van der Waals surface area (Å²) in [6, 6.07) is 13.5. The van der Waals surface area contributed by atoms with Crippen molar-refractivity contribution in [3.63, 3.8) is 0 Å². The molecule has 0 unspecified atom stereocenters. The van der Waals surface area contributed by atoms with Crippen molar-refractivity contribution in [1.82, 2.24) is 0 Å². The maximum Gasteiger partial charge on any atom is 0.513 e. The van der Waals surface area contributed by atoms with Gasteiger partial charge < -0.3 is 14.2 Å². The zero-order valence-corrected chi connectivity index (χ0v) is 20.1.